The van der Waals surface area contributed by atoms with Gasteiger partial charge in [-0.25, -0.2) is 9.97 Å². The van der Waals surface area contributed by atoms with Crippen LogP contribution in [0.1, 0.15) is 18.7 Å². The fourth-order valence-electron chi connectivity index (χ4n) is 3.57. The molecule has 0 bridgehead atoms. The summed E-state index contributed by atoms with van der Waals surface area (Å²) >= 11 is 0. The maximum atomic E-state index is 12.6. The van der Waals surface area contributed by atoms with Crippen LogP contribution in [0.4, 0.5) is 5.82 Å². The van der Waals surface area contributed by atoms with E-state index in [1.807, 2.05) is 35.8 Å². The lowest BCUT2D eigenvalue weighted by molar-refractivity contribution is -0.122. The van der Waals surface area contributed by atoms with Crippen LogP contribution >= 0.6 is 0 Å². The molecule has 0 unspecified atom stereocenters. The fraction of sp³-hybridized carbons (Fsp3) is 0.368. The highest BCUT2D eigenvalue weighted by molar-refractivity contribution is 5.81. The standard InChI is InChI=1S/C19H22N6O/c1-14-22-16-6-2-3-7-17(16)25(14)13-19(26)23-15-5-4-10-24(12-15)18-11-20-8-9-21-18/h2-3,6-9,11,15H,4-5,10,12-13H2,1H3,(H,23,26)/t15-/m0/s1. The van der Waals surface area contributed by atoms with Crippen LogP contribution in [0.2, 0.25) is 0 Å². The van der Waals surface area contributed by atoms with Crippen molar-refractivity contribution in [3.8, 4) is 0 Å². The smallest absolute Gasteiger partial charge is 0.240 e. The van der Waals surface area contributed by atoms with E-state index in [9.17, 15) is 4.79 Å². The Balaban J connectivity index is 1.42. The molecule has 0 radical (unpaired) electrons. The number of carbonyl (C=O) groups excluding carboxylic acids is 1. The van der Waals surface area contributed by atoms with Crippen molar-refractivity contribution < 1.29 is 4.79 Å². The molecular weight excluding hydrogens is 328 g/mol. The third kappa shape index (κ3) is 3.37. The van der Waals surface area contributed by atoms with Crippen molar-refractivity contribution in [3.05, 3.63) is 48.7 Å². The zero-order valence-electron chi connectivity index (χ0n) is 14.8. The van der Waals surface area contributed by atoms with E-state index in [1.54, 1.807) is 18.6 Å². The molecule has 3 aromatic rings. The number of nitrogens with one attached hydrogen (secondary N) is 1. The fourth-order valence-corrected chi connectivity index (χ4v) is 3.57. The van der Waals surface area contributed by atoms with Crippen LogP contribution in [-0.2, 0) is 11.3 Å². The lowest BCUT2D eigenvalue weighted by atomic mass is 10.1. The number of anilines is 1. The Labute approximate surface area is 152 Å². The van der Waals surface area contributed by atoms with Crippen LogP contribution in [0.5, 0.6) is 0 Å². The maximum Gasteiger partial charge on any atom is 0.240 e. The van der Waals surface area contributed by atoms with Crippen molar-refractivity contribution in [2.75, 3.05) is 18.0 Å². The number of carbonyl (C=O) groups is 1. The number of hydrogen-bond acceptors (Lipinski definition) is 5. The number of fused-ring (bicyclic) bond motifs is 1. The first kappa shape index (κ1) is 16.5. The van der Waals surface area contributed by atoms with Gasteiger partial charge in [0.25, 0.3) is 0 Å². The van der Waals surface area contributed by atoms with Gasteiger partial charge in [-0.3, -0.25) is 9.78 Å². The van der Waals surface area contributed by atoms with Gasteiger partial charge >= 0.3 is 0 Å². The molecule has 1 aliphatic rings. The normalized spacial score (nSPS) is 17.4. The van der Waals surface area contributed by atoms with E-state index in [-0.39, 0.29) is 18.5 Å². The van der Waals surface area contributed by atoms with E-state index in [4.69, 9.17) is 0 Å². The van der Waals surface area contributed by atoms with Gasteiger partial charge in [0.15, 0.2) is 0 Å². The van der Waals surface area contributed by atoms with Gasteiger partial charge in [0.1, 0.15) is 18.2 Å². The van der Waals surface area contributed by atoms with Crippen LogP contribution < -0.4 is 10.2 Å². The first-order valence-corrected chi connectivity index (χ1v) is 8.93. The van der Waals surface area contributed by atoms with Crippen molar-refractivity contribution >= 4 is 22.8 Å². The van der Waals surface area contributed by atoms with Gasteiger partial charge in [0.05, 0.1) is 17.2 Å². The second-order valence-electron chi connectivity index (χ2n) is 6.65. The van der Waals surface area contributed by atoms with Gasteiger partial charge in [0.2, 0.25) is 5.91 Å². The van der Waals surface area contributed by atoms with Gasteiger partial charge in [-0.1, -0.05) is 12.1 Å². The quantitative estimate of drug-likeness (QED) is 0.778. The average molecular weight is 350 g/mol. The minimum Gasteiger partial charge on any atom is -0.353 e. The highest BCUT2D eigenvalue weighted by Gasteiger charge is 2.23. The third-order valence-corrected chi connectivity index (χ3v) is 4.81. The number of aryl methyl sites for hydroxylation is 1. The Bertz CT molecular complexity index is 907. The summed E-state index contributed by atoms with van der Waals surface area (Å²) in [5.74, 6) is 1.73. The monoisotopic (exact) mass is 350 g/mol. The lowest BCUT2D eigenvalue weighted by Crippen LogP contribution is -2.48. The summed E-state index contributed by atoms with van der Waals surface area (Å²) in [6, 6.07) is 8.02. The van der Waals surface area contributed by atoms with E-state index in [2.05, 4.69) is 25.2 Å². The maximum absolute atomic E-state index is 12.6. The lowest BCUT2D eigenvalue weighted by Gasteiger charge is -2.33. The molecule has 0 spiro atoms. The predicted octanol–water partition coefficient (Wildman–Crippen LogP) is 1.92. The van der Waals surface area contributed by atoms with Crippen molar-refractivity contribution in [1.29, 1.82) is 0 Å². The molecule has 134 valence electrons. The Morgan fingerprint density at radius 2 is 2.19 bits per heavy atom. The molecule has 26 heavy (non-hydrogen) atoms. The van der Waals surface area contributed by atoms with Crippen LogP contribution in [0.15, 0.2) is 42.9 Å². The molecule has 1 aliphatic heterocycles. The molecule has 0 aliphatic carbocycles. The number of imidazole rings is 1. The number of rotatable bonds is 4. The molecule has 4 rings (SSSR count). The van der Waals surface area contributed by atoms with Crippen LogP contribution in [0.25, 0.3) is 11.0 Å². The van der Waals surface area contributed by atoms with Crippen molar-refractivity contribution in [2.24, 2.45) is 0 Å². The summed E-state index contributed by atoms with van der Waals surface area (Å²) in [5.41, 5.74) is 1.91. The molecular formula is C19H22N6O. The molecule has 1 saturated heterocycles. The Hall–Kier alpha value is -2.96. The van der Waals surface area contributed by atoms with E-state index in [1.165, 1.54) is 0 Å². The molecule has 7 heteroatoms. The summed E-state index contributed by atoms with van der Waals surface area (Å²) < 4.78 is 1.97. The summed E-state index contributed by atoms with van der Waals surface area (Å²) in [4.78, 5) is 27.8. The van der Waals surface area contributed by atoms with Crippen LogP contribution in [0.3, 0.4) is 0 Å². The van der Waals surface area contributed by atoms with E-state index in [0.29, 0.717) is 0 Å². The first-order chi connectivity index (χ1) is 12.7. The van der Waals surface area contributed by atoms with Gasteiger partial charge in [-0.15, -0.1) is 0 Å². The molecule has 3 heterocycles. The SMILES string of the molecule is Cc1nc2ccccc2n1CC(=O)N[C@H]1CCCN(c2cnccn2)C1. The first-order valence-electron chi connectivity index (χ1n) is 8.93. The van der Waals surface area contributed by atoms with Gasteiger partial charge in [-0.2, -0.15) is 0 Å². The van der Waals surface area contributed by atoms with Gasteiger partial charge in [-0.05, 0) is 31.9 Å². The third-order valence-electron chi connectivity index (χ3n) is 4.81. The Kier molecular flexibility index (Phi) is 4.51. The molecule has 7 nitrogen and oxygen atoms in total. The molecule has 1 amide bonds. The molecule has 1 aromatic carbocycles. The topological polar surface area (TPSA) is 75.9 Å². The summed E-state index contributed by atoms with van der Waals surface area (Å²) in [5, 5.41) is 3.17. The number of piperidine rings is 1. The summed E-state index contributed by atoms with van der Waals surface area (Å²) in [7, 11) is 0. The summed E-state index contributed by atoms with van der Waals surface area (Å²) in [6.07, 6.45) is 7.14. The van der Waals surface area contributed by atoms with Gasteiger partial charge in [0, 0.05) is 31.5 Å². The zero-order valence-corrected chi connectivity index (χ0v) is 14.8. The largest absolute Gasteiger partial charge is 0.353 e. The van der Waals surface area contributed by atoms with Crippen molar-refractivity contribution in [3.63, 3.8) is 0 Å². The predicted molar refractivity (Wildman–Crippen MR) is 99.9 cm³/mol. The number of aromatic nitrogens is 4. The van der Waals surface area contributed by atoms with Gasteiger partial charge < -0.3 is 14.8 Å². The van der Waals surface area contributed by atoms with E-state index < -0.39 is 0 Å². The average Bonchev–Trinajstić information content (AvgIpc) is 2.98. The minimum absolute atomic E-state index is 0.0160. The Morgan fingerprint density at radius 3 is 3.04 bits per heavy atom. The number of para-hydroxylation sites is 2. The molecule has 1 fully saturated rings. The van der Waals surface area contributed by atoms with Crippen LogP contribution in [0, 0.1) is 6.92 Å². The molecule has 2 aromatic heterocycles. The second kappa shape index (κ2) is 7.11. The second-order valence-corrected chi connectivity index (χ2v) is 6.65. The van der Waals surface area contributed by atoms with E-state index in [0.717, 1.165) is 48.6 Å². The van der Waals surface area contributed by atoms with Crippen molar-refractivity contribution in [2.45, 2.75) is 32.4 Å². The van der Waals surface area contributed by atoms with Crippen molar-refractivity contribution in [1.82, 2.24) is 24.8 Å². The molecule has 0 saturated carbocycles. The minimum atomic E-state index is 0.0160. The molecule has 1 N–H and O–H groups in total. The number of nitrogens with zero attached hydrogens (tertiary/aromatic N) is 5. The number of amides is 1. The highest BCUT2D eigenvalue weighted by Crippen LogP contribution is 2.17. The Morgan fingerprint density at radius 1 is 1.31 bits per heavy atom. The number of benzene rings is 1. The van der Waals surface area contributed by atoms with E-state index >= 15 is 0 Å². The number of hydrogen-bond donors (Lipinski definition) is 1. The zero-order chi connectivity index (χ0) is 17.9. The molecule has 1 atom stereocenters. The van der Waals surface area contributed by atoms with Crippen LogP contribution in [-0.4, -0.2) is 44.6 Å². The summed E-state index contributed by atoms with van der Waals surface area (Å²) in [6.45, 7) is 3.92. The highest BCUT2D eigenvalue weighted by atomic mass is 16.2.